The van der Waals surface area contributed by atoms with E-state index in [0.717, 1.165) is 25.9 Å². The van der Waals surface area contributed by atoms with Crippen molar-refractivity contribution in [3.63, 3.8) is 0 Å². The number of benzene rings is 1. The minimum absolute atomic E-state index is 0. The lowest BCUT2D eigenvalue weighted by Gasteiger charge is -2.23. The molecule has 0 unspecified atom stereocenters. The Hall–Kier alpha value is -1.15. The van der Waals surface area contributed by atoms with E-state index in [2.05, 4.69) is 10.6 Å². The summed E-state index contributed by atoms with van der Waals surface area (Å²) in [6, 6.07) is 6.61. The lowest BCUT2D eigenvalue weighted by molar-refractivity contribution is 0.0930. The van der Waals surface area contributed by atoms with Gasteiger partial charge >= 0.3 is 0 Å². The Labute approximate surface area is 130 Å². The van der Waals surface area contributed by atoms with E-state index in [9.17, 15) is 13.2 Å². The van der Waals surface area contributed by atoms with Crippen LogP contribution in [0.1, 0.15) is 28.8 Å². The lowest BCUT2D eigenvalue weighted by atomic mass is 10.1. The largest absolute Gasteiger partial charge is 0.348 e. The Balaban J connectivity index is 0.00000220. The van der Waals surface area contributed by atoms with Crippen molar-refractivity contribution in [1.29, 1.82) is 0 Å². The van der Waals surface area contributed by atoms with Crippen molar-refractivity contribution >= 4 is 28.3 Å². The Morgan fingerprint density at radius 3 is 2.52 bits per heavy atom. The molecule has 1 saturated heterocycles. The molecular formula is C13H20ClN3O3S. The fourth-order valence-electron chi connectivity index (χ4n) is 2.23. The molecule has 1 aromatic rings. The van der Waals surface area contributed by atoms with Gasteiger partial charge in [-0.2, -0.15) is 0 Å². The van der Waals surface area contributed by atoms with Crippen LogP contribution < -0.4 is 15.8 Å². The number of rotatable bonds is 4. The summed E-state index contributed by atoms with van der Waals surface area (Å²) in [6.07, 6.45) is 2.03. The molecule has 0 aliphatic carbocycles. The molecule has 0 spiro atoms. The molecule has 0 radical (unpaired) electrons. The van der Waals surface area contributed by atoms with E-state index in [1.807, 2.05) is 0 Å². The van der Waals surface area contributed by atoms with Crippen LogP contribution >= 0.6 is 12.4 Å². The Morgan fingerprint density at radius 1 is 1.33 bits per heavy atom. The van der Waals surface area contributed by atoms with Crippen LogP contribution in [0.5, 0.6) is 0 Å². The first kappa shape index (κ1) is 17.9. The summed E-state index contributed by atoms with van der Waals surface area (Å²) in [5.41, 5.74) is 1.09. The first-order valence-electron chi connectivity index (χ1n) is 6.55. The fourth-order valence-corrected chi connectivity index (χ4v) is 2.89. The van der Waals surface area contributed by atoms with E-state index in [0.29, 0.717) is 11.1 Å². The van der Waals surface area contributed by atoms with E-state index >= 15 is 0 Å². The number of nitrogens with two attached hydrogens (primary N) is 1. The molecule has 8 heteroatoms. The number of nitrogens with one attached hydrogen (secondary N) is 2. The first-order valence-corrected chi connectivity index (χ1v) is 8.26. The second-order valence-electron chi connectivity index (χ2n) is 5.02. The molecule has 1 aliphatic rings. The van der Waals surface area contributed by atoms with Gasteiger partial charge in [-0.15, -0.1) is 12.4 Å². The molecule has 0 saturated carbocycles. The topological polar surface area (TPSA) is 101 Å². The molecule has 4 N–H and O–H groups in total. The van der Waals surface area contributed by atoms with Gasteiger partial charge in [0.25, 0.3) is 5.91 Å². The number of hydrogen-bond donors (Lipinski definition) is 3. The number of carbonyl (C=O) groups is 1. The van der Waals surface area contributed by atoms with E-state index < -0.39 is 10.0 Å². The Kier molecular flexibility index (Phi) is 6.60. The molecule has 6 nitrogen and oxygen atoms in total. The van der Waals surface area contributed by atoms with E-state index in [4.69, 9.17) is 5.14 Å². The highest BCUT2D eigenvalue weighted by Crippen LogP contribution is 2.08. The maximum atomic E-state index is 12.0. The summed E-state index contributed by atoms with van der Waals surface area (Å²) in [6.45, 7) is 1.78. The number of halogens is 1. The van der Waals surface area contributed by atoms with Gasteiger partial charge in [0.15, 0.2) is 0 Å². The fraction of sp³-hybridized carbons (Fsp3) is 0.462. The van der Waals surface area contributed by atoms with Crippen molar-refractivity contribution in [2.75, 3.05) is 13.1 Å². The molecule has 1 aliphatic heterocycles. The van der Waals surface area contributed by atoms with Gasteiger partial charge in [0, 0.05) is 18.2 Å². The molecule has 2 rings (SSSR count). The molecule has 1 fully saturated rings. The maximum Gasteiger partial charge on any atom is 0.251 e. The molecule has 1 atom stereocenters. The predicted octanol–water partition coefficient (Wildman–Crippen LogP) is 0.379. The third-order valence-electron chi connectivity index (χ3n) is 3.22. The second kappa shape index (κ2) is 7.74. The average molecular weight is 334 g/mol. The van der Waals surface area contributed by atoms with Crippen molar-refractivity contribution in [3.8, 4) is 0 Å². The molecule has 0 bridgehead atoms. The number of amides is 1. The standard InChI is InChI=1S/C13H19N3O3S.ClH/c14-20(18,19)9-10-3-5-11(6-4-10)13(17)16-12-2-1-7-15-8-12;/h3-6,12,15H,1-2,7-9H2,(H,16,17)(H2,14,18,19);1H/t12-;/m0./s1. The van der Waals surface area contributed by atoms with Crippen molar-refractivity contribution in [2.45, 2.75) is 24.6 Å². The number of piperidine rings is 1. The van der Waals surface area contributed by atoms with Gasteiger partial charge in [0.2, 0.25) is 10.0 Å². The zero-order valence-electron chi connectivity index (χ0n) is 11.5. The predicted molar refractivity (Wildman–Crippen MR) is 83.9 cm³/mol. The highest BCUT2D eigenvalue weighted by molar-refractivity contribution is 7.88. The summed E-state index contributed by atoms with van der Waals surface area (Å²) in [5.74, 6) is -0.359. The second-order valence-corrected chi connectivity index (χ2v) is 6.64. The molecule has 0 aromatic heterocycles. The molecule has 118 valence electrons. The van der Waals surface area contributed by atoms with Crippen LogP contribution in [0.4, 0.5) is 0 Å². The summed E-state index contributed by atoms with van der Waals surface area (Å²) >= 11 is 0. The van der Waals surface area contributed by atoms with E-state index in [1.165, 1.54) is 0 Å². The van der Waals surface area contributed by atoms with Crippen LogP contribution in [0.3, 0.4) is 0 Å². The van der Waals surface area contributed by atoms with Gasteiger partial charge in [-0.3, -0.25) is 4.79 Å². The van der Waals surface area contributed by atoms with Gasteiger partial charge < -0.3 is 10.6 Å². The van der Waals surface area contributed by atoms with Crippen LogP contribution in [-0.2, 0) is 15.8 Å². The first-order chi connectivity index (χ1) is 9.44. The third kappa shape index (κ3) is 6.01. The van der Waals surface area contributed by atoms with Crippen LogP contribution in [0.15, 0.2) is 24.3 Å². The molecule has 1 aromatic carbocycles. The lowest BCUT2D eigenvalue weighted by Crippen LogP contribution is -2.45. The van der Waals surface area contributed by atoms with Crippen LogP contribution in [0, 0.1) is 0 Å². The monoisotopic (exact) mass is 333 g/mol. The van der Waals surface area contributed by atoms with Crippen LogP contribution in [0.2, 0.25) is 0 Å². The smallest absolute Gasteiger partial charge is 0.251 e. The highest BCUT2D eigenvalue weighted by atomic mass is 35.5. The minimum atomic E-state index is -3.54. The van der Waals surface area contributed by atoms with Crippen LogP contribution in [0.25, 0.3) is 0 Å². The summed E-state index contributed by atoms with van der Waals surface area (Å²) in [4.78, 5) is 12.0. The van der Waals surface area contributed by atoms with Gasteiger partial charge in [0.05, 0.1) is 5.75 Å². The van der Waals surface area contributed by atoms with E-state index in [1.54, 1.807) is 24.3 Å². The number of sulfonamides is 1. The summed E-state index contributed by atoms with van der Waals surface area (Å²) < 4.78 is 21.9. The summed E-state index contributed by atoms with van der Waals surface area (Å²) in [7, 11) is -3.54. The van der Waals surface area contributed by atoms with Gasteiger partial charge in [0.1, 0.15) is 0 Å². The molecular weight excluding hydrogens is 314 g/mol. The normalized spacial score (nSPS) is 18.6. The van der Waals surface area contributed by atoms with E-state index in [-0.39, 0.29) is 30.1 Å². The van der Waals surface area contributed by atoms with Crippen LogP contribution in [-0.4, -0.2) is 33.5 Å². The quantitative estimate of drug-likeness (QED) is 0.741. The van der Waals surface area contributed by atoms with Gasteiger partial charge in [-0.25, -0.2) is 13.6 Å². The average Bonchev–Trinajstić information content (AvgIpc) is 2.39. The Bertz CT molecular complexity index is 569. The molecule has 21 heavy (non-hydrogen) atoms. The van der Waals surface area contributed by atoms with Gasteiger partial charge in [-0.1, -0.05) is 12.1 Å². The van der Waals surface area contributed by atoms with Crippen molar-refractivity contribution in [2.24, 2.45) is 5.14 Å². The van der Waals surface area contributed by atoms with Gasteiger partial charge in [-0.05, 0) is 37.1 Å². The number of carbonyl (C=O) groups excluding carboxylic acids is 1. The maximum absolute atomic E-state index is 12.0. The zero-order valence-corrected chi connectivity index (χ0v) is 13.2. The zero-order chi connectivity index (χ0) is 14.6. The number of primary sulfonamides is 1. The van der Waals surface area contributed by atoms with Crippen molar-refractivity contribution in [1.82, 2.24) is 10.6 Å². The highest BCUT2D eigenvalue weighted by Gasteiger charge is 2.16. The number of hydrogen-bond acceptors (Lipinski definition) is 4. The SMILES string of the molecule is Cl.NS(=O)(=O)Cc1ccc(C(=O)N[C@H]2CCCNC2)cc1. The van der Waals surface area contributed by atoms with Crippen molar-refractivity contribution < 1.29 is 13.2 Å². The third-order valence-corrected chi connectivity index (χ3v) is 3.95. The van der Waals surface area contributed by atoms with Crippen molar-refractivity contribution in [3.05, 3.63) is 35.4 Å². The Morgan fingerprint density at radius 2 is 2.00 bits per heavy atom. The molecule has 1 amide bonds. The summed E-state index contributed by atoms with van der Waals surface area (Å²) in [5, 5.41) is 11.2. The molecule has 1 heterocycles. The minimum Gasteiger partial charge on any atom is -0.348 e.